The van der Waals surface area contributed by atoms with Gasteiger partial charge in [-0.05, 0) is 25.9 Å². The molecule has 5 nitrogen and oxygen atoms in total. The van der Waals surface area contributed by atoms with E-state index in [-0.39, 0.29) is 0 Å². The van der Waals surface area contributed by atoms with Crippen LogP contribution >= 0.6 is 0 Å². The molecule has 1 aliphatic heterocycles. The lowest BCUT2D eigenvalue weighted by atomic mass is 10.1. The third kappa shape index (κ3) is 2.71. The Hall–Kier alpha value is -1.67. The molecular formula is C12H17N5. The Morgan fingerprint density at radius 1 is 1.53 bits per heavy atom. The van der Waals surface area contributed by atoms with E-state index in [1.54, 1.807) is 12.4 Å². The summed E-state index contributed by atoms with van der Waals surface area (Å²) in [6.07, 6.45) is 4.40. The summed E-state index contributed by atoms with van der Waals surface area (Å²) in [6, 6.07) is 2.08. The van der Waals surface area contributed by atoms with Crippen LogP contribution in [0.2, 0.25) is 0 Å². The maximum absolute atomic E-state index is 8.98. The molecule has 1 aromatic heterocycles. The summed E-state index contributed by atoms with van der Waals surface area (Å²) in [5.41, 5.74) is 0.404. The highest BCUT2D eigenvalue weighted by Crippen LogP contribution is 2.19. The second-order valence-electron chi connectivity index (χ2n) is 4.64. The van der Waals surface area contributed by atoms with Gasteiger partial charge in [0.15, 0.2) is 11.5 Å². The molecule has 1 fully saturated rings. The molecule has 1 saturated heterocycles. The summed E-state index contributed by atoms with van der Waals surface area (Å²) < 4.78 is 0. The van der Waals surface area contributed by atoms with Crippen molar-refractivity contribution in [2.75, 3.05) is 38.6 Å². The van der Waals surface area contributed by atoms with Crippen molar-refractivity contribution in [1.82, 2.24) is 14.9 Å². The Bertz CT molecular complexity index is 425. The van der Waals surface area contributed by atoms with Crippen molar-refractivity contribution in [3.8, 4) is 6.07 Å². The van der Waals surface area contributed by atoms with E-state index in [0.717, 1.165) is 19.6 Å². The molecule has 5 heteroatoms. The highest BCUT2D eigenvalue weighted by molar-refractivity contribution is 5.48. The summed E-state index contributed by atoms with van der Waals surface area (Å²) in [4.78, 5) is 12.6. The lowest BCUT2D eigenvalue weighted by molar-refractivity contribution is 0.395. The molecule has 0 saturated carbocycles. The number of nitrogens with zero attached hydrogens (tertiary/aromatic N) is 5. The van der Waals surface area contributed by atoms with Gasteiger partial charge in [0.25, 0.3) is 0 Å². The summed E-state index contributed by atoms with van der Waals surface area (Å²) in [6.45, 7) is 3.20. The Labute approximate surface area is 102 Å². The van der Waals surface area contributed by atoms with Crippen molar-refractivity contribution >= 4 is 5.82 Å². The first-order chi connectivity index (χ1) is 8.20. The van der Waals surface area contributed by atoms with Crippen LogP contribution in [-0.4, -0.2) is 48.6 Å². The van der Waals surface area contributed by atoms with Crippen LogP contribution in [0.1, 0.15) is 12.1 Å². The quantitative estimate of drug-likeness (QED) is 0.768. The van der Waals surface area contributed by atoms with E-state index in [1.165, 1.54) is 6.42 Å². The Morgan fingerprint density at radius 2 is 2.29 bits per heavy atom. The summed E-state index contributed by atoms with van der Waals surface area (Å²) in [5.74, 6) is 1.34. The van der Waals surface area contributed by atoms with Gasteiger partial charge in [0, 0.05) is 32.5 Å². The average Bonchev–Trinajstić information content (AvgIpc) is 2.74. The predicted octanol–water partition coefficient (Wildman–Crippen LogP) is 0.736. The summed E-state index contributed by atoms with van der Waals surface area (Å²) in [5, 5.41) is 8.98. The van der Waals surface area contributed by atoms with E-state index < -0.39 is 0 Å². The van der Waals surface area contributed by atoms with E-state index in [0.29, 0.717) is 17.4 Å². The van der Waals surface area contributed by atoms with Gasteiger partial charge in [-0.15, -0.1) is 0 Å². The van der Waals surface area contributed by atoms with Gasteiger partial charge >= 0.3 is 0 Å². The first-order valence-electron chi connectivity index (χ1n) is 5.81. The fourth-order valence-corrected chi connectivity index (χ4v) is 2.34. The third-order valence-corrected chi connectivity index (χ3v) is 3.17. The monoisotopic (exact) mass is 231 g/mol. The van der Waals surface area contributed by atoms with Crippen molar-refractivity contribution in [1.29, 1.82) is 5.26 Å². The second-order valence-corrected chi connectivity index (χ2v) is 4.64. The Balaban J connectivity index is 2.04. The molecule has 1 unspecified atom stereocenters. The van der Waals surface area contributed by atoms with E-state index in [2.05, 4.69) is 28.0 Å². The van der Waals surface area contributed by atoms with Crippen LogP contribution in [0, 0.1) is 17.2 Å². The van der Waals surface area contributed by atoms with Crippen molar-refractivity contribution < 1.29 is 0 Å². The molecule has 0 radical (unpaired) electrons. The zero-order valence-corrected chi connectivity index (χ0v) is 10.3. The van der Waals surface area contributed by atoms with Crippen LogP contribution in [0.15, 0.2) is 12.4 Å². The van der Waals surface area contributed by atoms with Gasteiger partial charge in [-0.2, -0.15) is 5.26 Å². The van der Waals surface area contributed by atoms with Gasteiger partial charge in [0.2, 0.25) is 0 Å². The molecule has 1 aliphatic rings. The number of aromatic nitrogens is 2. The number of anilines is 1. The first-order valence-corrected chi connectivity index (χ1v) is 5.81. The molecule has 0 amide bonds. The van der Waals surface area contributed by atoms with Gasteiger partial charge < -0.3 is 9.80 Å². The molecule has 2 heterocycles. The number of hydrogen-bond donors (Lipinski definition) is 0. The Kier molecular flexibility index (Phi) is 3.55. The smallest absolute Gasteiger partial charge is 0.183 e. The van der Waals surface area contributed by atoms with Gasteiger partial charge in [-0.1, -0.05) is 0 Å². The van der Waals surface area contributed by atoms with Gasteiger partial charge in [0.05, 0.1) is 0 Å². The molecule has 0 bridgehead atoms. The highest BCUT2D eigenvalue weighted by atomic mass is 15.2. The molecule has 0 N–H and O–H groups in total. The van der Waals surface area contributed by atoms with Crippen LogP contribution in [0.3, 0.4) is 0 Å². The van der Waals surface area contributed by atoms with Crippen LogP contribution in [0.5, 0.6) is 0 Å². The van der Waals surface area contributed by atoms with E-state index in [1.807, 2.05) is 11.9 Å². The van der Waals surface area contributed by atoms with Gasteiger partial charge in [-0.3, -0.25) is 0 Å². The first kappa shape index (κ1) is 11.8. The molecule has 2 rings (SSSR count). The largest absolute Gasteiger partial charge is 0.357 e. The standard InChI is InChI=1S/C12H17N5/c1-16-6-3-10(8-16)9-17(2)12-11(7-13)14-4-5-15-12/h4-5,10H,3,6,8-9H2,1-2H3. The number of hydrogen-bond acceptors (Lipinski definition) is 5. The zero-order chi connectivity index (χ0) is 12.3. The van der Waals surface area contributed by atoms with Gasteiger partial charge in [0.1, 0.15) is 6.07 Å². The topological polar surface area (TPSA) is 56.1 Å². The molecule has 1 atom stereocenters. The second kappa shape index (κ2) is 5.11. The van der Waals surface area contributed by atoms with Crippen molar-refractivity contribution in [2.24, 2.45) is 5.92 Å². The van der Waals surface area contributed by atoms with Crippen molar-refractivity contribution in [3.05, 3.63) is 18.1 Å². The normalized spacial score (nSPS) is 20.2. The maximum atomic E-state index is 8.98. The van der Waals surface area contributed by atoms with Crippen LogP contribution in [-0.2, 0) is 0 Å². The van der Waals surface area contributed by atoms with E-state index >= 15 is 0 Å². The van der Waals surface area contributed by atoms with Gasteiger partial charge in [-0.25, -0.2) is 9.97 Å². The fourth-order valence-electron chi connectivity index (χ4n) is 2.34. The summed E-state index contributed by atoms with van der Waals surface area (Å²) >= 11 is 0. The van der Waals surface area contributed by atoms with Crippen LogP contribution < -0.4 is 4.90 Å². The zero-order valence-electron chi connectivity index (χ0n) is 10.3. The summed E-state index contributed by atoms with van der Waals surface area (Å²) in [7, 11) is 4.12. The molecular weight excluding hydrogens is 214 g/mol. The minimum atomic E-state index is 0.404. The molecule has 17 heavy (non-hydrogen) atoms. The third-order valence-electron chi connectivity index (χ3n) is 3.17. The number of nitriles is 1. The molecule has 0 aliphatic carbocycles. The van der Waals surface area contributed by atoms with Crippen LogP contribution in [0.25, 0.3) is 0 Å². The highest BCUT2D eigenvalue weighted by Gasteiger charge is 2.22. The molecule has 0 spiro atoms. The maximum Gasteiger partial charge on any atom is 0.183 e. The lowest BCUT2D eigenvalue weighted by Gasteiger charge is -2.22. The predicted molar refractivity (Wildman–Crippen MR) is 65.6 cm³/mol. The number of rotatable bonds is 3. The molecule has 1 aromatic rings. The average molecular weight is 231 g/mol. The Morgan fingerprint density at radius 3 is 2.94 bits per heavy atom. The number of likely N-dealkylation sites (tertiary alicyclic amines) is 1. The SMILES string of the molecule is CN1CCC(CN(C)c2nccnc2C#N)C1. The van der Waals surface area contributed by atoms with E-state index in [9.17, 15) is 0 Å². The fraction of sp³-hybridized carbons (Fsp3) is 0.583. The van der Waals surface area contributed by atoms with Crippen molar-refractivity contribution in [2.45, 2.75) is 6.42 Å². The molecule has 90 valence electrons. The minimum Gasteiger partial charge on any atom is -0.357 e. The van der Waals surface area contributed by atoms with E-state index in [4.69, 9.17) is 5.26 Å². The lowest BCUT2D eigenvalue weighted by Crippen LogP contribution is -2.28. The minimum absolute atomic E-state index is 0.404. The van der Waals surface area contributed by atoms with Crippen molar-refractivity contribution in [3.63, 3.8) is 0 Å². The molecule has 0 aromatic carbocycles. The van der Waals surface area contributed by atoms with Crippen LogP contribution in [0.4, 0.5) is 5.82 Å².